The van der Waals surface area contributed by atoms with Gasteiger partial charge >= 0.3 is 0 Å². The molecule has 1 aromatic carbocycles. The summed E-state index contributed by atoms with van der Waals surface area (Å²) < 4.78 is 0. The summed E-state index contributed by atoms with van der Waals surface area (Å²) in [6, 6.07) is 10.3. The van der Waals surface area contributed by atoms with Gasteiger partial charge in [0.1, 0.15) is 5.82 Å². The minimum Gasteiger partial charge on any atom is -0.378 e. The standard InChI is InChI=1S/C14H17N3/c1-11(2)12-4-6-13(7-5-12)17-10-14-15-8-3-9-16-14/h3-9,11,17H,10H2,1-2H3. The van der Waals surface area contributed by atoms with Gasteiger partial charge in [0.15, 0.2) is 0 Å². The van der Waals surface area contributed by atoms with Crippen molar-refractivity contribution in [2.24, 2.45) is 0 Å². The van der Waals surface area contributed by atoms with Crippen molar-refractivity contribution < 1.29 is 0 Å². The highest BCUT2D eigenvalue weighted by atomic mass is 15.0. The lowest BCUT2D eigenvalue weighted by molar-refractivity contribution is 0.866. The van der Waals surface area contributed by atoms with Crippen LogP contribution in [0.25, 0.3) is 0 Å². The Morgan fingerprint density at radius 3 is 2.29 bits per heavy atom. The molecule has 1 heterocycles. The van der Waals surface area contributed by atoms with E-state index >= 15 is 0 Å². The minimum atomic E-state index is 0.571. The second-order valence-electron chi connectivity index (χ2n) is 4.30. The molecule has 0 aliphatic rings. The van der Waals surface area contributed by atoms with E-state index in [1.54, 1.807) is 12.4 Å². The molecule has 0 spiro atoms. The molecule has 17 heavy (non-hydrogen) atoms. The van der Waals surface area contributed by atoms with E-state index in [1.165, 1.54) is 5.56 Å². The predicted molar refractivity (Wildman–Crippen MR) is 69.9 cm³/mol. The fourth-order valence-corrected chi connectivity index (χ4v) is 1.59. The van der Waals surface area contributed by atoms with Crippen molar-refractivity contribution in [2.75, 3.05) is 5.32 Å². The Kier molecular flexibility index (Phi) is 3.70. The molecule has 1 aromatic heterocycles. The largest absolute Gasteiger partial charge is 0.378 e. The van der Waals surface area contributed by atoms with Gasteiger partial charge in [0, 0.05) is 18.1 Å². The van der Waals surface area contributed by atoms with E-state index in [0.717, 1.165) is 11.5 Å². The van der Waals surface area contributed by atoms with Gasteiger partial charge < -0.3 is 5.32 Å². The van der Waals surface area contributed by atoms with Gasteiger partial charge in [-0.1, -0.05) is 26.0 Å². The fraction of sp³-hybridized carbons (Fsp3) is 0.286. The third-order valence-electron chi connectivity index (χ3n) is 2.65. The Bertz CT molecular complexity index is 449. The second kappa shape index (κ2) is 5.43. The molecule has 0 aliphatic heterocycles. The highest BCUT2D eigenvalue weighted by Crippen LogP contribution is 2.17. The first-order chi connectivity index (χ1) is 8.25. The minimum absolute atomic E-state index is 0.571. The van der Waals surface area contributed by atoms with Gasteiger partial charge in [-0.2, -0.15) is 0 Å². The number of anilines is 1. The summed E-state index contributed by atoms with van der Waals surface area (Å²) in [5, 5.41) is 3.30. The molecular formula is C14H17N3. The highest BCUT2D eigenvalue weighted by molar-refractivity contribution is 5.45. The summed E-state index contributed by atoms with van der Waals surface area (Å²) in [7, 11) is 0. The molecule has 0 fully saturated rings. The van der Waals surface area contributed by atoms with Crippen LogP contribution < -0.4 is 5.32 Å². The maximum atomic E-state index is 4.17. The molecule has 0 saturated heterocycles. The summed E-state index contributed by atoms with van der Waals surface area (Å²) in [4.78, 5) is 8.33. The second-order valence-corrected chi connectivity index (χ2v) is 4.30. The first-order valence-corrected chi connectivity index (χ1v) is 5.85. The van der Waals surface area contributed by atoms with Crippen molar-refractivity contribution in [1.82, 2.24) is 9.97 Å². The molecule has 0 aliphatic carbocycles. The van der Waals surface area contributed by atoms with Crippen molar-refractivity contribution in [3.05, 3.63) is 54.1 Å². The van der Waals surface area contributed by atoms with Gasteiger partial charge in [-0.3, -0.25) is 0 Å². The summed E-state index contributed by atoms with van der Waals surface area (Å²) in [5.41, 5.74) is 2.45. The van der Waals surface area contributed by atoms with Crippen LogP contribution >= 0.6 is 0 Å². The lowest BCUT2D eigenvalue weighted by Gasteiger charge is -2.08. The Hall–Kier alpha value is -1.90. The zero-order valence-electron chi connectivity index (χ0n) is 10.2. The van der Waals surface area contributed by atoms with Crippen LogP contribution in [0.5, 0.6) is 0 Å². The molecule has 2 aromatic rings. The topological polar surface area (TPSA) is 37.8 Å². The van der Waals surface area contributed by atoms with Gasteiger partial charge in [0.25, 0.3) is 0 Å². The van der Waals surface area contributed by atoms with Crippen molar-refractivity contribution in [1.29, 1.82) is 0 Å². The monoisotopic (exact) mass is 227 g/mol. The van der Waals surface area contributed by atoms with Crippen molar-refractivity contribution in [3.63, 3.8) is 0 Å². The van der Waals surface area contributed by atoms with Crippen LogP contribution in [-0.2, 0) is 6.54 Å². The molecule has 0 unspecified atom stereocenters. The first-order valence-electron chi connectivity index (χ1n) is 5.85. The van der Waals surface area contributed by atoms with Gasteiger partial charge in [0.2, 0.25) is 0 Å². The fourth-order valence-electron chi connectivity index (χ4n) is 1.59. The quantitative estimate of drug-likeness (QED) is 0.871. The third kappa shape index (κ3) is 3.28. The van der Waals surface area contributed by atoms with Gasteiger partial charge in [-0.25, -0.2) is 9.97 Å². The zero-order chi connectivity index (χ0) is 12.1. The van der Waals surface area contributed by atoms with E-state index in [0.29, 0.717) is 12.5 Å². The molecule has 0 radical (unpaired) electrons. The highest BCUT2D eigenvalue weighted by Gasteiger charge is 1.99. The molecule has 0 atom stereocenters. The number of hydrogen-bond donors (Lipinski definition) is 1. The average Bonchev–Trinajstić information content (AvgIpc) is 2.38. The average molecular weight is 227 g/mol. The number of hydrogen-bond acceptors (Lipinski definition) is 3. The van der Waals surface area contributed by atoms with Crippen LogP contribution in [0.15, 0.2) is 42.7 Å². The number of rotatable bonds is 4. The van der Waals surface area contributed by atoms with E-state index in [2.05, 4.69) is 53.4 Å². The Balaban J connectivity index is 1.96. The normalized spacial score (nSPS) is 10.5. The number of aromatic nitrogens is 2. The molecule has 0 saturated carbocycles. The summed E-state index contributed by atoms with van der Waals surface area (Å²) >= 11 is 0. The molecule has 0 amide bonds. The predicted octanol–water partition coefficient (Wildman–Crippen LogP) is 3.21. The van der Waals surface area contributed by atoms with Crippen LogP contribution in [-0.4, -0.2) is 9.97 Å². The van der Waals surface area contributed by atoms with E-state index in [-0.39, 0.29) is 0 Å². The van der Waals surface area contributed by atoms with Crippen molar-refractivity contribution in [3.8, 4) is 0 Å². The van der Waals surface area contributed by atoms with Gasteiger partial charge in [-0.05, 0) is 29.7 Å². The summed E-state index contributed by atoms with van der Waals surface area (Å²) in [5.74, 6) is 1.38. The summed E-state index contributed by atoms with van der Waals surface area (Å²) in [6.45, 7) is 5.04. The molecule has 0 bridgehead atoms. The molecule has 3 nitrogen and oxygen atoms in total. The van der Waals surface area contributed by atoms with E-state index in [1.807, 2.05) is 6.07 Å². The Morgan fingerprint density at radius 2 is 1.71 bits per heavy atom. The zero-order valence-corrected chi connectivity index (χ0v) is 10.2. The summed E-state index contributed by atoms with van der Waals surface area (Å²) in [6.07, 6.45) is 3.51. The maximum absolute atomic E-state index is 4.17. The maximum Gasteiger partial charge on any atom is 0.147 e. The lowest BCUT2D eigenvalue weighted by atomic mass is 10.0. The molecule has 88 valence electrons. The van der Waals surface area contributed by atoms with Crippen molar-refractivity contribution >= 4 is 5.69 Å². The van der Waals surface area contributed by atoms with Crippen LogP contribution in [0, 0.1) is 0 Å². The third-order valence-corrected chi connectivity index (χ3v) is 2.65. The Labute approximate surface area is 102 Å². The lowest BCUT2D eigenvalue weighted by Crippen LogP contribution is -2.03. The van der Waals surface area contributed by atoms with Crippen LogP contribution in [0.3, 0.4) is 0 Å². The van der Waals surface area contributed by atoms with Crippen LogP contribution in [0.4, 0.5) is 5.69 Å². The van der Waals surface area contributed by atoms with Crippen LogP contribution in [0.2, 0.25) is 0 Å². The van der Waals surface area contributed by atoms with Gasteiger partial charge in [0.05, 0.1) is 6.54 Å². The van der Waals surface area contributed by atoms with Crippen LogP contribution in [0.1, 0.15) is 31.2 Å². The first kappa shape index (κ1) is 11.6. The van der Waals surface area contributed by atoms with Gasteiger partial charge in [-0.15, -0.1) is 0 Å². The number of nitrogens with one attached hydrogen (secondary N) is 1. The molecule has 2 rings (SSSR count). The molecule has 1 N–H and O–H groups in total. The van der Waals surface area contributed by atoms with E-state index in [9.17, 15) is 0 Å². The number of nitrogens with zero attached hydrogens (tertiary/aromatic N) is 2. The smallest absolute Gasteiger partial charge is 0.147 e. The number of benzene rings is 1. The van der Waals surface area contributed by atoms with E-state index < -0.39 is 0 Å². The SMILES string of the molecule is CC(C)c1ccc(NCc2ncccn2)cc1. The molecular weight excluding hydrogens is 210 g/mol. The Morgan fingerprint density at radius 1 is 1.06 bits per heavy atom. The van der Waals surface area contributed by atoms with E-state index in [4.69, 9.17) is 0 Å². The van der Waals surface area contributed by atoms with Crippen molar-refractivity contribution in [2.45, 2.75) is 26.3 Å². The molecule has 3 heteroatoms.